The molecule has 3 fully saturated rings. The van der Waals surface area contributed by atoms with E-state index in [1.54, 1.807) is 12.5 Å². The van der Waals surface area contributed by atoms with Crippen LogP contribution in [0, 0.1) is 11.3 Å². The van der Waals surface area contributed by atoms with Crippen LogP contribution < -0.4 is 20.4 Å². The zero-order chi connectivity index (χ0) is 28.9. The van der Waals surface area contributed by atoms with Crippen LogP contribution in [0.25, 0.3) is 0 Å². The van der Waals surface area contributed by atoms with Gasteiger partial charge in [0.2, 0.25) is 5.91 Å². The summed E-state index contributed by atoms with van der Waals surface area (Å²) < 4.78 is 5.67. The Hall–Kier alpha value is -4.66. The quantitative estimate of drug-likeness (QED) is 0.331. The molecule has 12 heteroatoms. The molecule has 42 heavy (non-hydrogen) atoms. The Kier molecular flexibility index (Phi) is 8.16. The molecule has 1 saturated carbocycles. The number of anilines is 3. The molecule has 0 unspecified atom stereocenters. The van der Waals surface area contributed by atoms with Gasteiger partial charge < -0.3 is 29.8 Å². The Labute approximate surface area is 244 Å². The first-order valence-corrected chi connectivity index (χ1v) is 14.7. The molecular formula is C30H35N9O3. The first kappa shape index (κ1) is 27.5. The molecule has 0 spiro atoms. The summed E-state index contributed by atoms with van der Waals surface area (Å²) in [5.74, 6) is 1.90. The summed E-state index contributed by atoms with van der Waals surface area (Å²) in [6, 6.07) is 7.86. The first-order valence-electron chi connectivity index (χ1n) is 14.7. The van der Waals surface area contributed by atoms with Crippen molar-refractivity contribution in [1.82, 2.24) is 25.2 Å². The lowest BCUT2D eigenvalue weighted by molar-refractivity contribution is -0.127. The van der Waals surface area contributed by atoms with Gasteiger partial charge in [0, 0.05) is 76.1 Å². The Morgan fingerprint density at radius 1 is 1.10 bits per heavy atom. The normalized spacial score (nSPS) is 16.9. The van der Waals surface area contributed by atoms with E-state index in [1.807, 2.05) is 23.1 Å². The number of amides is 2. The second kappa shape index (κ2) is 12.5. The predicted molar refractivity (Wildman–Crippen MR) is 156 cm³/mol. The molecule has 2 amide bonds. The highest BCUT2D eigenvalue weighted by atomic mass is 16.3. The molecule has 1 aliphatic carbocycles. The summed E-state index contributed by atoms with van der Waals surface area (Å²) in [7, 11) is 0. The molecule has 0 atom stereocenters. The van der Waals surface area contributed by atoms with Crippen LogP contribution in [0.1, 0.15) is 65.7 Å². The van der Waals surface area contributed by atoms with Gasteiger partial charge in [-0.25, -0.2) is 15.0 Å². The minimum atomic E-state index is -0.147. The smallest absolute Gasteiger partial charge is 0.251 e. The van der Waals surface area contributed by atoms with Gasteiger partial charge in [0.05, 0.1) is 23.6 Å². The summed E-state index contributed by atoms with van der Waals surface area (Å²) in [6.45, 7) is 5.25. The van der Waals surface area contributed by atoms with Gasteiger partial charge in [-0.3, -0.25) is 9.59 Å². The number of carbonyl (C=O) groups excluding carboxylic acids is 2. The minimum Gasteiger partial charge on any atom is -0.448 e. The fourth-order valence-corrected chi connectivity index (χ4v) is 5.52. The number of hydrogen-bond donors (Lipinski definition) is 2. The highest BCUT2D eigenvalue weighted by molar-refractivity contribution is 5.96. The average Bonchev–Trinajstić information content (AvgIpc) is 3.63. The maximum Gasteiger partial charge on any atom is 0.251 e. The molecule has 4 heterocycles. The van der Waals surface area contributed by atoms with Crippen molar-refractivity contribution in [3.63, 3.8) is 0 Å². The average molecular weight is 570 g/mol. The fraction of sp³-hybridized carbons (Fsp3) is 0.467. The Morgan fingerprint density at radius 3 is 2.67 bits per heavy atom. The van der Waals surface area contributed by atoms with Crippen molar-refractivity contribution in [3.05, 3.63) is 59.7 Å². The Morgan fingerprint density at radius 2 is 1.90 bits per heavy atom. The van der Waals surface area contributed by atoms with E-state index in [1.165, 1.54) is 6.20 Å². The van der Waals surface area contributed by atoms with Crippen LogP contribution in [0.4, 0.5) is 17.2 Å². The van der Waals surface area contributed by atoms with Gasteiger partial charge in [-0.05, 0) is 43.9 Å². The van der Waals surface area contributed by atoms with Gasteiger partial charge in [0.25, 0.3) is 5.91 Å². The van der Waals surface area contributed by atoms with Crippen LogP contribution >= 0.6 is 0 Å². The number of benzene rings is 1. The predicted octanol–water partition coefficient (Wildman–Crippen LogP) is 2.89. The van der Waals surface area contributed by atoms with E-state index in [0.29, 0.717) is 75.2 Å². The molecule has 0 bridgehead atoms. The molecular weight excluding hydrogens is 534 g/mol. The van der Waals surface area contributed by atoms with E-state index in [9.17, 15) is 14.9 Å². The molecule has 2 aromatic heterocycles. The summed E-state index contributed by atoms with van der Waals surface area (Å²) >= 11 is 0. The third-order valence-electron chi connectivity index (χ3n) is 7.98. The molecule has 2 saturated heterocycles. The van der Waals surface area contributed by atoms with Crippen LogP contribution in [0.15, 0.2) is 41.3 Å². The third-order valence-corrected chi connectivity index (χ3v) is 7.98. The number of oxazole rings is 1. The van der Waals surface area contributed by atoms with Crippen molar-refractivity contribution in [2.75, 3.05) is 60.9 Å². The van der Waals surface area contributed by atoms with Crippen molar-refractivity contribution < 1.29 is 14.0 Å². The van der Waals surface area contributed by atoms with Crippen LogP contribution in [-0.2, 0) is 11.3 Å². The van der Waals surface area contributed by atoms with Gasteiger partial charge in [-0.1, -0.05) is 0 Å². The largest absolute Gasteiger partial charge is 0.448 e. The van der Waals surface area contributed by atoms with Crippen molar-refractivity contribution >= 4 is 29.0 Å². The monoisotopic (exact) mass is 569 g/mol. The van der Waals surface area contributed by atoms with Crippen molar-refractivity contribution in [2.24, 2.45) is 0 Å². The number of carbonyl (C=O) groups is 2. The SMILES string of the molecule is N#Cc1nccnc1N1CCN(c2ccc(C(=O)NCCCN3CCCC3=O)cc2NCc2coc(C3CC3)n2)CC1. The number of aromatic nitrogens is 3. The summed E-state index contributed by atoms with van der Waals surface area (Å²) in [4.78, 5) is 44.3. The maximum absolute atomic E-state index is 13.1. The molecule has 12 nitrogen and oxygen atoms in total. The van der Waals surface area contributed by atoms with E-state index in [2.05, 4.69) is 41.5 Å². The minimum absolute atomic E-state index is 0.147. The van der Waals surface area contributed by atoms with E-state index < -0.39 is 0 Å². The summed E-state index contributed by atoms with van der Waals surface area (Å²) in [6.07, 6.45) is 9.36. The maximum atomic E-state index is 13.1. The van der Waals surface area contributed by atoms with Gasteiger partial charge >= 0.3 is 0 Å². The van der Waals surface area contributed by atoms with E-state index in [4.69, 9.17) is 4.42 Å². The lowest BCUT2D eigenvalue weighted by Gasteiger charge is -2.37. The lowest BCUT2D eigenvalue weighted by atomic mass is 10.1. The van der Waals surface area contributed by atoms with Crippen LogP contribution in [0.2, 0.25) is 0 Å². The molecule has 3 aliphatic rings. The van der Waals surface area contributed by atoms with Gasteiger partial charge in [-0.2, -0.15) is 5.26 Å². The first-order chi connectivity index (χ1) is 20.6. The molecule has 218 valence electrons. The number of nitrogens with one attached hydrogen (secondary N) is 2. The van der Waals surface area contributed by atoms with Crippen molar-refractivity contribution in [1.29, 1.82) is 5.26 Å². The molecule has 0 radical (unpaired) electrons. The second-order valence-corrected chi connectivity index (χ2v) is 10.9. The zero-order valence-electron chi connectivity index (χ0n) is 23.6. The number of likely N-dealkylation sites (tertiary alicyclic amines) is 1. The van der Waals surface area contributed by atoms with E-state index >= 15 is 0 Å². The Bertz CT molecular complexity index is 1470. The van der Waals surface area contributed by atoms with Crippen LogP contribution in [0.3, 0.4) is 0 Å². The van der Waals surface area contributed by atoms with Crippen LogP contribution in [0.5, 0.6) is 0 Å². The molecule has 1 aromatic carbocycles. The van der Waals surface area contributed by atoms with Crippen molar-refractivity contribution in [2.45, 2.75) is 44.6 Å². The number of piperazine rings is 1. The highest BCUT2D eigenvalue weighted by Gasteiger charge is 2.29. The molecule has 3 aromatic rings. The summed E-state index contributed by atoms with van der Waals surface area (Å²) in [5, 5.41) is 15.9. The number of nitrogens with zero attached hydrogens (tertiary/aromatic N) is 7. The van der Waals surface area contributed by atoms with Crippen LogP contribution in [-0.4, -0.2) is 77.5 Å². The lowest BCUT2D eigenvalue weighted by Crippen LogP contribution is -2.47. The topological polar surface area (TPSA) is 144 Å². The third kappa shape index (κ3) is 6.30. The van der Waals surface area contributed by atoms with Crippen molar-refractivity contribution in [3.8, 4) is 6.07 Å². The molecule has 2 aliphatic heterocycles. The number of rotatable bonds is 11. The molecule has 2 N–H and O–H groups in total. The summed E-state index contributed by atoms with van der Waals surface area (Å²) in [5.41, 5.74) is 3.55. The molecule has 6 rings (SSSR count). The number of nitriles is 1. The van der Waals surface area contributed by atoms with E-state index in [0.717, 1.165) is 55.2 Å². The van der Waals surface area contributed by atoms with Gasteiger partial charge in [0.15, 0.2) is 17.4 Å². The standard InChI is InChI=1S/C30H35N9O3/c31-18-25-28(33-10-9-32-25)39-15-13-37(14-16-39)26-7-6-22(29(41)34-8-2-12-38-11-1-3-27(38)40)17-24(26)35-19-23-20-42-30(36-23)21-4-5-21/h6-7,9-10,17,20-21,35H,1-5,8,11-16,19H2,(H,34,41). The van der Waals surface area contributed by atoms with E-state index in [-0.39, 0.29) is 11.8 Å². The number of hydrogen-bond acceptors (Lipinski definition) is 10. The second-order valence-electron chi connectivity index (χ2n) is 10.9. The van der Waals surface area contributed by atoms with Gasteiger partial charge in [0.1, 0.15) is 12.3 Å². The Balaban J connectivity index is 1.13. The van der Waals surface area contributed by atoms with Gasteiger partial charge in [-0.15, -0.1) is 0 Å². The highest BCUT2D eigenvalue weighted by Crippen LogP contribution is 2.39. The fourth-order valence-electron chi connectivity index (χ4n) is 5.52. The zero-order valence-corrected chi connectivity index (χ0v) is 23.6.